The van der Waals surface area contributed by atoms with Gasteiger partial charge in [0.1, 0.15) is 11.8 Å². The Morgan fingerprint density at radius 1 is 1.00 bits per heavy atom. The van der Waals surface area contributed by atoms with Crippen LogP contribution in [-0.2, 0) is 16.1 Å². The van der Waals surface area contributed by atoms with Crippen LogP contribution in [0.3, 0.4) is 0 Å². The summed E-state index contributed by atoms with van der Waals surface area (Å²) in [7, 11) is 0. The number of phenols is 1. The van der Waals surface area contributed by atoms with E-state index in [1.165, 1.54) is 30.3 Å². The van der Waals surface area contributed by atoms with Crippen LogP contribution in [0.4, 0.5) is 0 Å². The van der Waals surface area contributed by atoms with Gasteiger partial charge in [-0.05, 0) is 35.9 Å². The van der Waals surface area contributed by atoms with Crippen LogP contribution in [0.1, 0.15) is 40.1 Å². The number of halogens is 1. The summed E-state index contributed by atoms with van der Waals surface area (Å²) < 4.78 is 0. The Morgan fingerprint density at radius 3 is 2.31 bits per heavy atom. The van der Waals surface area contributed by atoms with Gasteiger partial charge < -0.3 is 26.2 Å². The normalized spacial score (nSPS) is 11.5. The number of amides is 3. The minimum Gasteiger partial charge on any atom is -0.508 e. The van der Waals surface area contributed by atoms with Gasteiger partial charge in [0.25, 0.3) is 11.8 Å². The van der Waals surface area contributed by atoms with Crippen LogP contribution in [0, 0.1) is 5.92 Å². The van der Waals surface area contributed by atoms with Crippen molar-refractivity contribution in [3.8, 4) is 5.75 Å². The van der Waals surface area contributed by atoms with E-state index in [0.717, 1.165) is 0 Å². The molecule has 9 nitrogen and oxygen atoms in total. The minimum atomic E-state index is -1.36. The number of nitrogens with one attached hydrogen (secondary N) is 3. The molecule has 0 unspecified atom stereocenters. The monoisotopic (exact) mass is 461 g/mol. The van der Waals surface area contributed by atoms with Crippen LogP contribution in [0.15, 0.2) is 42.5 Å². The fourth-order valence-electron chi connectivity index (χ4n) is 2.63. The highest BCUT2D eigenvalue weighted by Crippen LogP contribution is 2.18. The molecule has 10 heteroatoms. The highest BCUT2D eigenvalue weighted by Gasteiger charge is 2.23. The van der Waals surface area contributed by atoms with Crippen molar-refractivity contribution in [2.24, 2.45) is 5.92 Å². The summed E-state index contributed by atoms with van der Waals surface area (Å²) in [4.78, 5) is 47.9. The molecule has 0 bridgehead atoms. The Kier molecular flexibility index (Phi) is 8.60. The third-order valence-corrected chi connectivity index (χ3v) is 4.76. The zero-order chi connectivity index (χ0) is 23.8. The topological polar surface area (TPSA) is 145 Å². The summed E-state index contributed by atoms with van der Waals surface area (Å²) in [5.41, 5.74) is 0.882. The van der Waals surface area contributed by atoms with Crippen LogP contribution >= 0.6 is 11.6 Å². The highest BCUT2D eigenvalue weighted by molar-refractivity contribution is 6.34. The van der Waals surface area contributed by atoms with Gasteiger partial charge in [-0.3, -0.25) is 14.4 Å². The predicted molar refractivity (Wildman–Crippen MR) is 117 cm³/mol. The molecule has 0 aliphatic heterocycles. The van der Waals surface area contributed by atoms with Crippen LogP contribution in [0.25, 0.3) is 0 Å². The number of benzene rings is 2. The van der Waals surface area contributed by atoms with Crippen molar-refractivity contribution >= 4 is 35.3 Å². The Bertz CT molecular complexity index is 1020. The molecule has 0 radical (unpaired) electrons. The summed E-state index contributed by atoms with van der Waals surface area (Å²) in [5.74, 6) is -3.11. The van der Waals surface area contributed by atoms with Gasteiger partial charge in [0, 0.05) is 24.6 Å². The summed E-state index contributed by atoms with van der Waals surface area (Å²) in [6, 6.07) is 9.06. The fourth-order valence-corrected chi connectivity index (χ4v) is 2.90. The molecule has 0 heterocycles. The lowest BCUT2D eigenvalue weighted by atomic mass is 10.1. The zero-order valence-electron chi connectivity index (χ0n) is 17.5. The van der Waals surface area contributed by atoms with Gasteiger partial charge in [-0.25, -0.2) is 4.79 Å². The van der Waals surface area contributed by atoms with E-state index in [2.05, 4.69) is 16.0 Å². The molecule has 1 atom stereocenters. The number of hydrogen-bond acceptors (Lipinski definition) is 5. The maximum absolute atomic E-state index is 12.5. The second-order valence-electron chi connectivity index (χ2n) is 7.31. The summed E-state index contributed by atoms with van der Waals surface area (Å²) in [6.07, 6.45) is 0. The number of phenolic OH excluding ortho intramolecular Hbond substituents is 1. The van der Waals surface area contributed by atoms with Gasteiger partial charge in [-0.1, -0.05) is 37.6 Å². The molecule has 170 valence electrons. The SMILES string of the molecule is CC(C)C(=O)NC[C@H](NC(=O)c1ccc(C(=O)NCc2cccc(O)c2)cc1Cl)C(=O)O. The van der Waals surface area contributed by atoms with E-state index in [-0.39, 0.29) is 46.8 Å². The lowest BCUT2D eigenvalue weighted by Gasteiger charge is -2.17. The Hall–Kier alpha value is -3.59. The van der Waals surface area contributed by atoms with Crippen molar-refractivity contribution in [3.63, 3.8) is 0 Å². The van der Waals surface area contributed by atoms with E-state index >= 15 is 0 Å². The van der Waals surface area contributed by atoms with E-state index < -0.39 is 23.8 Å². The number of rotatable bonds is 9. The molecule has 0 aliphatic rings. The molecule has 2 rings (SSSR count). The molecule has 5 N–H and O–H groups in total. The molecule has 2 aromatic carbocycles. The zero-order valence-corrected chi connectivity index (χ0v) is 18.3. The van der Waals surface area contributed by atoms with E-state index in [4.69, 9.17) is 11.6 Å². The molecule has 2 aromatic rings. The van der Waals surface area contributed by atoms with Crippen LogP contribution < -0.4 is 16.0 Å². The van der Waals surface area contributed by atoms with Crippen molar-refractivity contribution in [1.82, 2.24) is 16.0 Å². The number of carboxylic acids is 1. The first kappa shape index (κ1) is 24.7. The Labute approximate surface area is 189 Å². The second kappa shape index (κ2) is 11.1. The molecule has 3 amide bonds. The fraction of sp³-hybridized carbons (Fsp3) is 0.273. The van der Waals surface area contributed by atoms with Gasteiger partial charge in [-0.15, -0.1) is 0 Å². The van der Waals surface area contributed by atoms with Gasteiger partial charge >= 0.3 is 5.97 Å². The summed E-state index contributed by atoms with van der Waals surface area (Å²) >= 11 is 6.15. The molecular formula is C22H24ClN3O6. The summed E-state index contributed by atoms with van der Waals surface area (Å²) in [5, 5.41) is 26.2. The molecular weight excluding hydrogens is 438 g/mol. The second-order valence-corrected chi connectivity index (χ2v) is 7.72. The number of carboxylic acid groups (broad SMARTS) is 1. The Morgan fingerprint density at radius 2 is 1.72 bits per heavy atom. The van der Waals surface area contributed by atoms with E-state index in [0.29, 0.717) is 5.56 Å². The molecule has 0 saturated heterocycles. The average Bonchev–Trinajstić information content (AvgIpc) is 2.74. The van der Waals surface area contributed by atoms with Gasteiger partial charge in [0.2, 0.25) is 5.91 Å². The lowest BCUT2D eigenvalue weighted by Crippen LogP contribution is -2.49. The number of carbonyl (C=O) groups excluding carboxylic acids is 3. The van der Waals surface area contributed by atoms with Crippen LogP contribution in [0.5, 0.6) is 5.75 Å². The lowest BCUT2D eigenvalue weighted by molar-refractivity contribution is -0.139. The number of hydrogen-bond donors (Lipinski definition) is 5. The van der Waals surface area contributed by atoms with Crippen molar-refractivity contribution in [3.05, 3.63) is 64.2 Å². The van der Waals surface area contributed by atoms with Crippen molar-refractivity contribution in [1.29, 1.82) is 0 Å². The van der Waals surface area contributed by atoms with Crippen molar-refractivity contribution in [2.75, 3.05) is 6.54 Å². The smallest absolute Gasteiger partial charge is 0.328 e. The third-order valence-electron chi connectivity index (χ3n) is 4.45. The number of aromatic hydroxyl groups is 1. The number of aliphatic carboxylic acids is 1. The van der Waals surface area contributed by atoms with Gasteiger partial charge in [0.05, 0.1) is 10.6 Å². The predicted octanol–water partition coefficient (Wildman–Crippen LogP) is 1.93. The van der Waals surface area contributed by atoms with Gasteiger partial charge in [-0.2, -0.15) is 0 Å². The van der Waals surface area contributed by atoms with Gasteiger partial charge in [0.15, 0.2) is 0 Å². The minimum absolute atomic E-state index is 0.0161. The van der Waals surface area contributed by atoms with Crippen LogP contribution in [0.2, 0.25) is 5.02 Å². The number of carbonyl (C=O) groups is 4. The standard InChI is InChI=1S/C22H24ClN3O6/c1-12(2)19(28)25-11-18(22(31)32)26-21(30)16-7-6-14(9-17(16)23)20(29)24-10-13-4-3-5-15(27)8-13/h3-9,12,18,27H,10-11H2,1-2H3,(H,24,29)(H,25,28)(H,26,30)(H,31,32)/t18-/m0/s1. The maximum Gasteiger partial charge on any atom is 0.328 e. The van der Waals surface area contributed by atoms with E-state index in [1.807, 2.05) is 0 Å². The van der Waals surface area contributed by atoms with E-state index in [9.17, 15) is 29.4 Å². The molecule has 0 saturated carbocycles. The molecule has 0 fully saturated rings. The Balaban J connectivity index is 2.02. The van der Waals surface area contributed by atoms with Crippen molar-refractivity contribution in [2.45, 2.75) is 26.4 Å². The first-order valence-corrected chi connectivity index (χ1v) is 10.1. The van der Waals surface area contributed by atoms with E-state index in [1.54, 1.807) is 26.0 Å². The maximum atomic E-state index is 12.5. The first-order chi connectivity index (χ1) is 15.1. The van der Waals surface area contributed by atoms with Crippen molar-refractivity contribution < 1.29 is 29.4 Å². The average molecular weight is 462 g/mol. The largest absolute Gasteiger partial charge is 0.508 e. The third kappa shape index (κ3) is 6.98. The molecule has 0 aliphatic carbocycles. The molecule has 0 spiro atoms. The first-order valence-electron chi connectivity index (χ1n) is 9.75. The molecule has 0 aromatic heterocycles. The quantitative estimate of drug-likeness (QED) is 0.386. The summed E-state index contributed by atoms with van der Waals surface area (Å²) in [6.45, 7) is 3.20. The van der Waals surface area contributed by atoms with Crippen LogP contribution in [-0.4, -0.2) is 46.5 Å². The highest BCUT2D eigenvalue weighted by atomic mass is 35.5. The molecule has 32 heavy (non-hydrogen) atoms.